The second-order valence-electron chi connectivity index (χ2n) is 4.10. The Kier molecular flexibility index (Phi) is 3.34. The molecule has 0 atom stereocenters. The molecule has 0 unspecified atom stereocenters. The van der Waals surface area contributed by atoms with Crippen LogP contribution in [0.3, 0.4) is 0 Å². The monoisotopic (exact) mass is 246 g/mol. The molecule has 17 heavy (non-hydrogen) atoms. The molecule has 0 saturated carbocycles. The van der Waals surface area contributed by atoms with E-state index in [9.17, 15) is 0 Å². The minimum Gasteiger partial charge on any atom is -0.347 e. The number of aryl methyl sites for hydroxylation is 1. The Morgan fingerprint density at radius 2 is 1.94 bits per heavy atom. The third kappa shape index (κ3) is 2.42. The molecule has 2 aromatic rings. The molecular weight excluding hydrogens is 232 g/mol. The molecule has 0 N–H and O–H groups in total. The summed E-state index contributed by atoms with van der Waals surface area (Å²) in [5.41, 5.74) is 4.23. The Labute approximate surface area is 107 Å². The van der Waals surface area contributed by atoms with E-state index < -0.39 is 0 Å². The number of aromatic nitrogens is 1. The second kappa shape index (κ2) is 4.76. The van der Waals surface area contributed by atoms with Crippen LogP contribution in [0.4, 0.5) is 5.69 Å². The van der Waals surface area contributed by atoms with Gasteiger partial charge in [0.05, 0.1) is 17.6 Å². The molecule has 0 fully saturated rings. The predicted molar refractivity (Wildman–Crippen MR) is 73.6 cm³/mol. The van der Waals surface area contributed by atoms with Gasteiger partial charge in [0.15, 0.2) is 0 Å². The number of benzene rings is 1. The van der Waals surface area contributed by atoms with E-state index in [-0.39, 0.29) is 0 Å². The van der Waals surface area contributed by atoms with Gasteiger partial charge in [-0.25, -0.2) is 0 Å². The molecule has 0 saturated heterocycles. The van der Waals surface area contributed by atoms with Crippen molar-refractivity contribution in [2.75, 3.05) is 0 Å². The molecule has 1 aromatic heterocycles. The summed E-state index contributed by atoms with van der Waals surface area (Å²) in [6.07, 6.45) is 1.87. The topological polar surface area (TPSA) is 17.3 Å². The fourth-order valence-electron chi connectivity index (χ4n) is 1.63. The summed E-state index contributed by atoms with van der Waals surface area (Å²) in [6, 6.07) is 9.89. The maximum Gasteiger partial charge on any atom is 0.0674 e. The molecule has 1 aromatic carbocycles. The Hall–Kier alpha value is -1.54. The number of nitrogens with zero attached hydrogens (tertiary/aromatic N) is 2. The lowest BCUT2D eigenvalue weighted by atomic mass is 10.2. The third-order valence-electron chi connectivity index (χ3n) is 2.99. The molecule has 0 aliphatic carbocycles. The summed E-state index contributed by atoms with van der Waals surface area (Å²) >= 11 is 6.05. The highest BCUT2D eigenvalue weighted by molar-refractivity contribution is 6.31. The van der Waals surface area contributed by atoms with Crippen LogP contribution < -0.4 is 0 Å². The lowest BCUT2D eigenvalue weighted by molar-refractivity contribution is 0.874. The van der Waals surface area contributed by atoms with Crippen molar-refractivity contribution in [3.8, 4) is 0 Å². The Morgan fingerprint density at radius 3 is 2.59 bits per heavy atom. The highest BCUT2D eigenvalue weighted by Crippen LogP contribution is 2.25. The number of halogens is 1. The summed E-state index contributed by atoms with van der Waals surface area (Å²) in [5.74, 6) is 0. The number of hydrogen-bond acceptors (Lipinski definition) is 1. The van der Waals surface area contributed by atoms with Gasteiger partial charge in [0.1, 0.15) is 0 Å². The van der Waals surface area contributed by atoms with Gasteiger partial charge in [0, 0.05) is 17.8 Å². The number of aliphatic imine (C=N–C) groups is 1. The van der Waals surface area contributed by atoms with Crippen molar-refractivity contribution in [3.63, 3.8) is 0 Å². The number of rotatable bonds is 2. The van der Waals surface area contributed by atoms with Crippen LogP contribution in [0.5, 0.6) is 0 Å². The van der Waals surface area contributed by atoms with Gasteiger partial charge in [-0.05, 0) is 43.7 Å². The van der Waals surface area contributed by atoms with E-state index in [2.05, 4.69) is 28.6 Å². The molecule has 0 aliphatic heterocycles. The first kappa shape index (κ1) is 11.9. The van der Waals surface area contributed by atoms with Gasteiger partial charge in [-0.1, -0.05) is 17.7 Å². The SMILES string of the molecule is Cc1c(Cl)cccc1N=Cc1ccc(C)n1C. The third-order valence-corrected chi connectivity index (χ3v) is 3.40. The van der Waals surface area contributed by atoms with Crippen LogP contribution in [-0.4, -0.2) is 10.8 Å². The van der Waals surface area contributed by atoms with Gasteiger partial charge in [-0.3, -0.25) is 4.99 Å². The molecule has 3 heteroatoms. The van der Waals surface area contributed by atoms with Gasteiger partial charge < -0.3 is 4.57 Å². The molecule has 2 rings (SSSR count). The first-order chi connectivity index (χ1) is 8.09. The summed E-state index contributed by atoms with van der Waals surface area (Å²) in [7, 11) is 2.03. The van der Waals surface area contributed by atoms with Crippen molar-refractivity contribution in [2.45, 2.75) is 13.8 Å². The maximum atomic E-state index is 6.05. The fraction of sp³-hybridized carbons (Fsp3) is 0.214. The zero-order valence-electron chi connectivity index (χ0n) is 10.2. The van der Waals surface area contributed by atoms with Crippen LogP contribution in [-0.2, 0) is 7.05 Å². The van der Waals surface area contributed by atoms with E-state index in [1.807, 2.05) is 38.4 Å². The van der Waals surface area contributed by atoms with Crippen LogP contribution in [0, 0.1) is 13.8 Å². The van der Waals surface area contributed by atoms with Gasteiger partial charge in [-0.15, -0.1) is 0 Å². The summed E-state index contributed by atoms with van der Waals surface area (Å²) in [6.45, 7) is 4.05. The van der Waals surface area contributed by atoms with Crippen LogP contribution in [0.1, 0.15) is 17.0 Å². The molecule has 88 valence electrons. The van der Waals surface area contributed by atoms with Crippen LogP contribution in [0.25, 0.3) is 0 Å². The summed E-state index contributed by atoms with van der Waals surface area (Å²) < 4.78 is 2.10. The van der Waals surface area contributed by atoms with Gasteiger partial charge >= 0.3 is 0 Å². The van der Waals surface area contributed by atoms with Crippen molar-refractivity contribution in [1.82, 2.24) is 4.57 Å². The summed E-state index contributed by atoms with van der Waals surface area (Å²) in [4.78, 5) is 4.48. The standard InChI is InChI=1S/C14H15ClN2/c1-10-7-8-12(17(10)3)9-16-14-6-4-5-13(15)11(14)2/h4-9H,1-3H3. The minimum atomic E-state index is 0.753. The minimum absolute atomic E-state index is 0.753. The lowest BCUT2D eigenvalue weighted by Gasteiger charge is -2.02. The van der Waals surface area contributed by atoms with Crippen molar-refractivity contribution >= 4 is 23.5 Å². The maximum absolute atomic E-state index is 6.05. The normalized spacial score (nSPS) is 11.3. The predicted octanol–water partition coefficient (Wildman–Crippen LogP) is 4.05. The molecule has 0 spiro atoms. The van der Waals surface area contributed by atoms with Crippen molar-refractivity contribution in [2.24, 2.45) is 12.0 Å². The highest BCUT2D eigenvalue weighted by Gasteiger charge is 2.01. The first-order valence-electron chi connectivity index (χ1n) is 5.51. The van der Waals surface area contributed by atoms with E-state index in [0.29, 0.717) is 0 Å². The van der Waals surface area contributed by atoms with Gasteiger partial charge in [0.25, 0.3) is 0 Å². The van der Waals surface area contributed by atoms with Gasteiger partial charge in [-0.2, -0.15) is 0 Å². The van der Waals surface area contributed by atoms with Crippen molar-refractivity contribution in [1.29, 1.82) is 0 Å². The largest absolute Gasteiger partial charge is 0.347 e. The van der Waals surface area contributed by atoms with E-state index in [1.54, 1.807) is 0 Å². The molecule has 0 amide bonds. The van der Waals surface area contributed by atoms with E-state index in [1.165, 1.54) is 5.69 Å². The lowest BCUT2D eigenvalue weighted by Crippen LogP contribution is -1.96. The molecule has 1 heterocycles. The zero-order chi connectivity index (χ0) is 12.4. The Morgan fingerprint density at radius 1 is 1.18 bits per heavy atom. The average Bonchev–Trinajstić information content (AvgIpc) is 2.62. The quantitative estimate of drug-likeness (QED) is 0.712. The Bertz CT molecular complexity index is 568. The molecule has 2 nitrogen and oxygen atoms in total. The van der Waals surface area contributed by atoms with Crippen LogP contribution in [0.2, 0.25) is 5.02 Å². The zero-order valence-corrected chi connectivity index (χ0v) is 11.0. The molecule has 0 aliphatic rings. The highest BCUT2D eigenvalue weighted by atomic mass is 35.5. The molecular formula is C14H15ClN2. The van der Waals surface area contributed by atoms with Gasteiger partial charge in [0.2, 0.25) is 0 Å². The average molecular weight is 247 g/mol. The van der Waals surface area contributed by atoms with E-state index in [0.717, 1.165) is 22.0 Å². The van der Waals surface area contributed by atoms with Crippen molar-refractivity contribution in [3.05, 3.63) is 52.3 Å². The Balaban J connectivity index is 2.32. The molecule has 0 bridgehead atoms. The smallest absolute Gasteiger partial charge is 0.0674 e. The first-order valence-corrected chi connectivity index (χ1v) is 5.89. The van der Waals surface area contributed by atoms with E-state index in [4.69, 9.17) is 11.6 Å². The van der Waals surface area contributed by atoms with E-state index >= 15 is 0 Å². The van der Waals surface area contributed by atoms with Crippen LogP contribution in [0.15, 0.2) is 35.3 Å². The van der Waals surface area contributed by atoms with Crippen molar-refractivity contribution < 1.29 is 0 Å². The summed E-state index contributed by atoms with van der Waals surface area (Å²) in [5, 5.41) is 0.753. The second-order valence-corrected chi connectivity index (χ2v) is 4.51. The molecule has 0 radical (unpaired) electrons. The fourth-order valence-corrected chi connectivity index (χ4v) is 1.80. The van der Waals surface area contributed by atoms with Crippen LogP contribution >= 0.6 is 11.6 Å². The number of hydrogen-bond donors (Lipinski definition) is 0.